The number of benzene rings is 1. The van der Waals surface area contributed by atoms with E-state index in [9.17, 15) is 9.59 Å². The van der Waals surface area contributed by atoms with E-state index >= 15 is 0 Å². The van der Waals surface area contributed by atoms with Crippen LogP contribution in [-0.4, -0.2) is 26.7 Å². The van der Waals surface area contributed by atoms with Crippen molar-refractivity contribution in [3.05, 3.63) is 39.6 Å². The fourth-order valence-electron chi connectivity index (χ4n) is 2.13. The fourth-order valence-corrected chi connectivity index (χ4v) is 2.63. The Labute approximate surface area is 123 Å². The van der Waals surface area contributed by atoms with Crippen LogP contribution >= 0.6 is 23.2 Å². The van der Waals surface area contributed by atoms with Gasteiger partial charge in [-0.2, -0.15) is 0 Å². The van der Waals surface area contributed by atoms with Gasteiger partial charge >= 0.3 is 0 Å². The highest BCUT2D eigenvalue weighted by atomic mass is 35.5. The number of ketones is 1. The minimum absolute atomic E-state index is 0.117. The van der Waals surface area contributed by atoms with Crippen LogP contribution in [0.5, 0.6) is 0 Å². The minimum Gasteiger partial charge on any atom is -0.297 e. The molecule has 0 aliphatic carbocycles. The number of carbonyl (C=O) groups excluding carboxylic acids is 2. The van der Waals surface area contributed by atoms with Gasteiger partial charge in [-0.05, 0) is 12.1 Å². The molecule has 0 radical (unpaired) electrons. The van der Waals surface area contributed by atoms with Crippen LogP contribution in [-0.2, 0) is 18.4 Å². The maximum absolute atomic E-state index is 12.1. The van der Waals surface area contributed by atoms with Crippen molar-refractivity contribution >= 4 is 40.6 Å². The molecular weight excluding hydrogens is 303 g/mol. The van der Waals surface area contributed by atoms with E-state index < -0.39 is 11.7 Å². The molecule has 0 saturated heterocycles. The molecular formula is C12H8Cl2N4O2. The second-order valence-corrected chi connectivity index (χ2v) is 5.17. The van der Waals surface area contributed by atoms with Gasteiger partial charge in [-0.25, -0.2) is 0 Å². The number of Topliss-reactive ketones (excluding diaryl/α,β-unsaturated/α-hetero) is 1. The van der Waals surface area contributed by atoms with E-state index in [2.05, 4.69) is 10.3 Å². The third kappa shape index (κ3) is 1.88. The lowest BCUT2D eigenvalue weighted by molar-refractivity contribution is -0.114. The number of aryl methyl sites for hydroxylation is 1. The lowest BCUT2D eigenvalue weighted by Gasteiger charge is -2.16. The Morgan fingerprint density at radius 3 is 2.55 bits per heavy atom. The normalized spacial score (nSPS) is 14.1. The number of amides is 1. The van der Waals surface area contributed by atoms with Crippen molar-refractivity contribution in [2.75, 3.05) is 4.90 Å². The van der Waals surface area contributed by atoms with Gasteiger partial charge in [0, 0.05) is 13.2 Å². The van der Waals surface area contributed by atoms with Crippen LogP contribution in [0.3, 0.4) is 0 Å². The number of fused-ring (bicyclic) bond motifs is 1. The summed E-state index contributed by atoms with van der Waals surface area (Å²) in [5.41, 5.74) is 1.03. The lowest BCUT2D eigenvalue weighted by Crippen LogP contribution is -2.29. The summed E-state index contributed by atoms with van der Waals surface area (Å²) >= 11 is 12.1. The summed E-state index contributed by atoms with van der Waals surface area (Å²) in [6, 6.07) is 3.05. The summed E-state index contributed by atoms with van der Waals surface area (Å²) in [7, 11) is 1.71. The summed E-state index contributed by atoms with van der Waals surface area (Å²) in [6.07, 6.45) is 1.66. The van der Waals surface area contributed by atoms with E-state index in [0.717, 1.165) is 0 Å². The number of nitrogens with zero attached hydrogens (tertiary/aromatic N) is 4. The van der Waals surface area contributed by atoms with Crippen molar-refractivity contribution in [2.24, 2.45) is 7.05 Å². The number of hydrogen-bond donors (Lipinski definition) is 0. The number of halogens is 2. The van der Waals surface area contributed by atoms with E-state index in [0.29, 0.717) is 16.4 Å². The Morgan fingerprint density at radius 1 is 1.20 bits per heavy atom. The van der Waals surface area contributed by atoms with Gasteiger partial charge in [0.25, 0.3) is 11.7 Å². The van der Waals surface area contributed by atoms with E-state index in [-0.39, 0.29) is 17.1 Å². The zero-order valence-electron chi connectivity index (χ0n) is 10.3. The number of rotatable bonds is 2. The van der Waals surface area contributed by atoms with Crippen molar-refractivity contribution in [1.82, 2.24) is 15.0 Å². The van der Waals surface area contributed by atoms with Crippen LogP contribution < -0.4 is 4.90 Å². The molecule has 3 rings (SSSR count). The summed E-state index contributed by atoms with van der Waals surface area (Å²) in [6.45, 7) is 0.117. The highest BCUT2D eigenvalue weighted by Crippen LogP contribution is 2.40. The van der Waals surface area contributed by atoms with Gasteiger partial charge in [0.2, 0.25) is 0 Å². The van der Waals surface area contributed by atoms with Gasteiger partial charge in [0.05, 0.1) is 27.8 Å². The largest absolute Gasteiger partial charge is 0.299 e. The van der Waals surface area contributed by atoms with Gasteiger partial charge in [0.1, 0.15) is 5.69 Å². The Kier molecular flexibility index (Phi) is 2.99. The van der Waals surface area contributed by atoms with E-state index in [4.69, 9.17) is 23.2 Å². The van der Waals surface area contributed by atoms with Crippen molar-refractivity contribution in [3.8, 4) is 0 Å². The zero-order valence-corrected chi connectivity index (χ0v) is 11.8. The van der Waals surface area contributed by atoms with Crippen molar-refractivity contribution in [2.45, 2.75) is 6.54 Å². The molecule has 0 saturated carbocycles. The second-order valence-electron chi connectivity index (χ2n) is 4.36. The van der Waals surface area contributed by atoms with E-state index in [1.807, 2.05) is 0 Å². The van der Waals surface area contributed by atoms with Crippen LogP contribution in [0.4, 0.5) is 5.69 Å². The second kappa shape index (κ2) is 4.57. The maximum Gasteiger partial charge on any atom is 0.299 e. The average Bonchev–Trinajstić information content (AvgIpc) is 2.92. The van der Waals surface area contributed by atoms with Gasteiger partial charge < -0.3 is 0 Å². The first-order valence-electron chi connectivity index (χ1n) is 5.68. The molecule has 1 aliphatic rings. The van der Waals surface area contributed by atoms with Crippen LogP contribution in [0.15, 0.2) is 18.3 Å². The molecule has 2 heterocycles. The highest BCUT2D eigenvalue weighted by Gasteiger charge is 2.39. The first-order valence-corrected chi connectivity index (χ1v) is 6.44. The molecule has 0 unspecified atom stereocenters. The molecule has 0 fully saturated rings. The predicted molar refractivity (Wildman–Crippen MR) is 73.0 cm³/mol. The Balaban J connectivity index is 2.08. The number of anilines is 1. The lowest BCUT2D eigenvalue weighted by atomic mass is 10.1. The highest BCUT2D eigenvalue weighted by molar-refractivity contribution is 6.56. The molecule has 102 valence electrons. The summed E-state index contributed by atoms with van der Waals surface area (Å²) in [5, 5.41) is 8.19. The van der Waals surface area contributed by atoms with Crippen molar-refractivity contribution in [1.29, 1.82) is 0 Å². The fraction of sp³-hybridized carbons (Fsp3) is 0.167. The monoisotopic (exact) mass is 310 g/mol. The van der Waals surface area contributed by atoms with Gasteiger partial charge in [-0.1, -0.05) is 28.4 Å². The number of aromatic nitrogens is 3. The van der Waals surface area contributed by atoms with Gasteiger partial charge in [-0.15, -0.1) is 5.10 Å². The van der Waals surface area contributed by atoms with Crippen LogP contribution in [0.25, 0.3) is 0 Å². The first kappa shape index (κ1) is 13.1. The van der Waals surface area contributed by atoms with Gasteiger partial charge in [0.15, 0.2) is 0 Å². The number of carbonyl (C=O) groups is 2. The number of hydrogen-bond acceptors (Lipinski definition) is 4. The Morgan fingerprint density at radius 2 is 1.90 bits per heavy atom. The molecule has 2 aromatic rings. The molecule has 1 aromatic carbocycles. The zero-order chi connectivity index (χ0) is 14.4. The Hall–Kier alpha value is -1.92. The van der Waals surface area contributed by atoms with Crippen molar-refractivity contribution < 1.29 is 9.59 Å². The topological polar surface area (TPSA) is 68.1 Å². The molecule has 0 atom stereocenters. The minimum atomic E-state index is -0.666. The molecule has 6 nitrogen and oxygen atoms in total. The standard InChI is InChI=1S/C12H8Cl2N4O2/c1-17-4-6(15-16-17)5-18-10-8(14)3-2-7(13)9(10)11(19)12(18)20/h2-4H,5H2,1H3. The molecule has 0 N–H and O–H groups in total. The SMILES string of the molecule is Cn1cc(CN2C(=O)C(=O)c3c(Cl)ccc(Cl)c32)nn1. The Bertz CT molecular complexity index is 741. The predicted octanol–water partition coefficient (Wildman–Crippen LogP) is 1.85. The third-order valence-corrected chi connectivity index (χ3v) is 3.60. The van der Waals surface area contributed by atoms with E-state index in [1.54, 1.807) is 19.3 Å². The quantitative estimate of drug-likeness (QED) is 0.794. The maximum atomic E-state index is 12.1. The molecule has 20 heavy (non-hydrogen) atoms. The van der Waals surface area contributed by atoms with Crippen LogP contribution in [0.2, 0.25) is 10.0 Å². The van der Waals surface area contributed by atoms with Crippen LogP contribution in [0.1, 0.15) is 16.1 Å². The average molecular weight is 311 g/mol. The van der Waals surface area contributed by atoms with Crippen LogP contribution in [0, 0.1) is 0 Å². The third-order valence-electron chi connectivity index (χ3n) is 2.98. The molecule has 0 bridgehead atoms. The smallest absolute Gasteiger partial charge is 0.297 e. The molecule has 8 heteroatoms. The molecule has 1 aromatic heterocycles. The molecule has 0 spiro atoms. The summed E-state index contributed by atoms with van der Waals surface area (Å²) in [4.78, 5) is 25.4. The summed E-state index contributed by atoms with van der Waals surface area (Å²) in [5.74, 6) is -1.32. The first-order chi connectivity index (χ1) is 9.49. The molecule has 1 amide bonds. The molecule has 1 aliphatic heterocycles. The summed E-state index contributed by atoms with van der Waals surface area (Å²) < 4.78 is 1.51. The van der Waals surface area contributed by atoms with E-state index in [1.165, 1.54) is 15.6 Å². The van der Waals surface area contributed by atoms with Gasteiger partial charge in [-0.3, -0.25) is 19.2 Å². The van der Waals surface area contributed by atoms with Crippen molar-refractivity contribution in [3.63, 3.8) is 0 Å².